The maximum absolute atomic E-state index is 12.7. The molecule has 11 nitrogen and oxygen atoms in total. The van der Waals surface area contributed by atoms with E-state index in [1.165, 1.54) is 29.8 Å². The van der Waals surface area contributed by atoms with E-state index in [4.69, 9.17) is 17.5 Å². The van der Waals surface area contributed by atoms with Crippen molar-refractivity contribution in [1.82, 2.24) is 20.6 Å². The molecule has 0 saturated carbocycles. The minimum absolute atomic E-state index is 0. The lowest BCUT2D eigenvalue weighted by molar-refractivity contribution is -0.140. The Morgan fingerprint density at radius 1 is 1.28 bits per heavy atom. The van der Waals surface area contributed by atoms with Crippen LogP contribution in [0.2, 0.25) is 0 Å². The average molecular weight is 542 g/mol. The molecule has 2 aromatic rings. The van der Waals surface area contributed by atoms with Gasteiger partial charge in [-0.1, -0.05) is 12.1 Å². The fourth-order valence-corrected chi connectivity index (χ4v) is 4.15. The lowest BCUT2D eigenvalue weighted by atomic mass is 9.80. The molecule has 1 saturated heterocycles. The number of nitrogens with one attached hydrogen (secondary N) is 2. The molecule has 2 amide bonds. The summed E-state index contributed by atoms with van der Waals surface area (Å²) in [4.78, 5) is 38.5. The largest absolute Gasteiger partial charge is 0.425 e. The number of nitrogens with zero attached hydrogens (tertiary/aromatic N) is 3. The zero-order valence-corrected chi connectivity index (χ0v) is 21.9. The standard InChI is InChI=1S/C16H19N5O3S2.O3S.2H2S/c1-5-11-18-9(6-26-11)12(21-24-4)14(22)19-13-15(23)20-16(13,3)10-7-25-8(2)17-10;1-4(2)3;;/h6-7,13H,5H2,1-4H3,(H,19,22)(H,20,23);;2*1H2/b21-12+;;;/t13-,16-;;;/m1.../s1. The van der Waals surface area contributed by atoms with Gasteiger partial charge in [0.15, 0.2) is 5.71 Å². The van der Waals surface area contributed by atoms with Gasteiger partial charge in [-0.25, -0.2) is 9.97 Å². The summed E-state index contributed by atoms with van der Waals surface area (Å²) in [5.74, 6) is -0.784. The van der Waals surface area contributed by atoms with Gasteiger partial charge in [0.2, 0.25) is 5.91 Å². The number of oxime groups is 1. The molecule has 0 aromatic carbocycles. The second-order valence-electron chi connectivity index (χ2n) is 6.16. The Balaban J connectivity index is 0.00000148. The number of aryl methyl sites for hydroxylation is 2. The molecular formula is C16H23N5O6S5. The van der Waals surface area contributed by atoms with Crippen molar-refractivity contribution in [2.75, 3.05) is 7.11 Å². The number of rotatable bonds is 6. The lowest BCUT2D eigenvalue weighted by Crippen LogP contribution is -2.75. The number of hydrogen-bond donors (Lipinski definition) is 2. The van der Waals surface area contributed by atoms with E-state index in [-0.39, 0.29) is 38.6 Å². The number of aromatic nitrogens is 2. The maximum atomic E-state index is 12.7. The monoisotopic (exact) mass is 541 g/mol. The van der Waals surface area contributed by atoms with Gasteiger partial charge in [0.25, 0.3) is 5.91 Å². The number of carbonyl (C=O) groups excluding carboxylic acids is 2. The average Bonchev–Trinajstić information content (AvgIpc) is 3.32. The number of amides is 2. The van der Waals surface area contributed by atoms with Crippen LogP contribution in [0.15, 0.2) is 15.9 Å². The van der Waals surface area contributed by atoms with Crippen LogP contribution in [0, 0.1) is 6.92 Å². The van der Waals surface area contributed by atoms with E-state index in [9.17, 15) is 9.59 Å². The Bertz CT molecular complexity index is 1080. The lowest BCUT2D eigenvalue weighted by Gasteiger charge is -2.45. The zero-order chi connectivity index (χ0) is 22.5. The predicted octanol–water partition coefficient (Wildman–Crippen LogP) is 0.572. The molecule has 3 heterocycles. The zero-order valence-electron chi connectivity index (χ0n) is 17.5. The van der Waals surface area contributed by atoms with E-state index in [1.54, 1.807) is 5.38 Å². The van der Waals surface area contributed by atoms with Gasteiger partial charge < -0.3 is 15.5 Å². The van der Waals surface area contributed by atoms with E-state index < -0.39 is 28.1 Å². The predicted molar refractivity (Wildman–Crippen MR) is 130 cm³/mol. The SMILES string of the molecule is CCc1nc(/C(=N\OC)C(=O)N[C@@H]2C(=O)N[C@]2(C)c2csc(C)n2)cs1.O=S(=O)=O.S.S. The molecule has 1 aliphatic rings. The van der Waals surface area contributed by atoms with Gasteiger partial charge in [0.05, 0.1) is 15.7 Å². The first kappa shape index (κ1) is 30.0. The number of hydrogen-bond acceptors (Lipinski definition) is 11. The molecule has 1 aliphatic heterocycles. The van der Waals surface area contributed by atoms with Crippen LogP contribution in [-0.4, -0.2) is 53.3 Å². The Labute approximate surface area is 208 Å². The number of thiazole rings is 2. The van der Waals surface area contributed by atoms with Gasteiger partial charge in [-0.3, -0.25) is 9.59 Å². The van der Waals surface area contributed by atoms with Crippen LogP contribution in [0.3, 0.4) is 0 Å². The summed E-state index contributed by atoms with van der Waals surface area (Å²) in [6, 6.07) is -0.747. The maximum Gasteiger partial charge on any atom is 0.425 e. The molecule has 3 rings (SSSR count). The minimum atomic E-state index is -3.11. The van der Waals surface area contributed by atoms with Crippen molar-refractivity contribution >= 4 is 77.8 Å². The highest BCUT2D eigenvalue weighted by Crippen LogP contribution is 2.32. The third-order valence-electron chi connectivity index (χ3n) is 4.14. The minimum Gasteiger partial charge on any atom is -0.398 e. The molecule has 1 fully saturated rings. The molecule has 2 atom stereocenters. The molecule has 32 heavy (non-hydrogen) atoms. The van der Waals surface area contributed by atoms with Crippen LogP contribution in [0.5, 0.6) is 0 Å². The summed E-state index contributed by atoms with van der Waals surface area (Å²) in [5, 5.41) is 14.8. The first-order valence-electron chi connectivity index (χ1n) is 8.50. The van der Waals surface area contributed by atoms with Gasteiger partial charge in [0, 0.05) is 10.8 Å². The second-order valence-corrected chi connectivity index (χ2v) is 8.57. The molecule has 0 aliphatic carbocycles. The highest BCUT2D eigenvalue weighted by Gasteiger charge is 2.53. The fourth-order valence-electron chi connectivity index (χ4n) is 2.69. The van der Waals surface area contributed by atoms with Gasteiger partial charge in [-0.15, -0.1) is 35.3 Å². The molecule has 0 spiro atoms. The van der Waals surface area contributed by atoms with Gasteiger partial charge in [-0.2, -0.15) is 27.0 Å². The van der Waals surface area contributed by atoms with E-state index >= 15 is 0 Å². The van der Waals surface area contributed by atoms with Crippen molar-refractivity contribution in [2.45, 2.75) is 38.8 Å². The van der Waals surface area contributed by atoms with Crippen LogP contribution in [0.4, 0.5) is 0 Å². The van der Waals surface area contributed by atoms with Crippen molar-refractivity contribution in [3.05, 3.63) is 32.2 Å². The molecule has 16 heteroatoms. The third-order valence-corrected chi connectivity index (χ3v) is 5.91. The van der Waals surface area contributed by atoms with Crippen LogP contribution in [0.25, 0.3) is 0 Å². The van der Waals surface area contributed by atoms with Crippen LogP contribution >= 0.6 is 49.7 Å². The first-order chi connectivity index (χ1) is 14.1. The van der Waals surface area contributed by atoms with Crippen molar-refractivity contribution in [2.24, 2.45) is 5.16 Å². The third kappa shape index (κ3) is 6.99. The van der Waals surface area contributed by atoms with E-state index in [1.807, 2.05) is 26.2 Å². The molecule has 2 N–H and O–H groups in total. The summed E-state index contributed by atoms with van der Waals surface area (Å²) in [7, 11) is -1.75. The van der Waals surface area contributed by atoms with Crippen molar-refractivity contribution in [1.29, 1.82) is 0 Å². The Morgan fingerprint density at radius 3 is 2.34 bits per heavy atom. The van der Waals surface area contributed by atoms with Gasteiger partial charge >= 0.3 is 10.6 Å². The summed E-state index contributed by atoms with van der Waals surface area (Å²) >= 11 is 2.94. The van der Waals surface area contributed by atoms with Crippen molar-refractivity contribution in [3.8, 4) is 0 Å². The van der Waals surface area contributed by atoms with Crippen LogP contribution in [-0.2, 0) is 37.0 Å². The topological polar surface area (TPSA) is 157 Å². The van der Waals surface area contributed by atoms with E-state index in [0.29, 0.717) is 5.69 Å². The number of carbonyl (C=O) groups is 2. The molecule has 0 unspecified atom stereocenters. The van der Waals surface area contributed by atoms with E-state index in [2.05, 4.69) is 25.8 Å². The van der Waals surface area contributed by atoms with Crippen LogP contribution < -0.4 is 10.6 Å². The quantitative estimate of drug-likeness (QED) is 0.305. The smallest absolute Gasteiger partial charge is 0.398 e. The van der Waals surface area contributed by atoms with Crippen LogP contribution in [0.1, 0.15) is 35.3 Å². The Hall–Kier alpha value is -2.01. The van der Waals surface area contributed by atoms with Gasteiger partial charge in [0.1, 0.15) is 24.4 Å². The summed E-state index contributed by atoms with van der Waals surface area (Å²) in [6.45, 7) is 5.71. The second kappa shape index (κ2) is 12.9. The molecule has 0 bridgehead atoms. The summed E-state index contributed by atoms with van der Waals surface area (Å²) < 4.78 is 25.3. The van der Waals surface area contributed by atoms with Gasteiger partial charge in [-0.05, 0) is 20.3 Å². The Kier molecular flexibility index (Phi) is 12.1. The highest BCUT2D eigenvalue weighted by atomic mass is 32.2. The molecular weight excluding hydrogens is 519 g/mol. The van der Waals surface area contributed by atoms with Crippen molar-refractivity contribution < 1.29 is 27.1 Å². The van der Waals surface area contributed by atoms with E-state index in [0.717, 1.165) is 22.1 Å². The van der Waals surface area contributed by atoms with Crippen molar-refractivity contribution in [3.63, 3.8) is 0 Å². The number of β-lactam (4-membered cyclic amide) rings is 1. The molecule has 2 aromatic heterocycles. The highest BCUT2D eigenvalue weighted by molar-refractivity contribution is 7.59. The normalized spacial score (nSPS) is 19.1. The molecule has 178 valence electrons. The Morgan fingerprint density at radius 2 is 1.91 bits per heavy atom. The molecule has 0 radical (unpaired) electrons. The fraction of sp³-hybridized carbons (Fsp3) is 0.438. The first-order valence-corrected chi connectivity index (χ1v) is 11.3. The summed E-state index contributed by atoms with van der Waals surface area (Å²) in [6.07, 6.45) is 0.763. The summed E-state index contributed by atoms with van der Waals surface area (Å²) in [5.41, 5.74) is 0.431.